The van der Waals surface area contributed by atoms with Crippen molar-refractivity contribution in [3.63, 3.8) is 0 Å². The molecule has 1 N–H and O–H groups in total. The summed E-state index contributed by atoms with van der Waals surface area (Å²) >= 11 is 0. The minimum atomic E-state index is 0.809. The number of hydrogen-bond acceptors (Lipinski definition) is 2. The van der Waals surface area contributed by atoms with Crippen LogP contribution >= 0.6 is 0 Å². The molecular weight excluding hydrogens is 196 g/mol. The van der Waals surface area contributed by atoms with Crippen LogP contribution in [0.2, 0.25) is 0 Å². The molecule has 0 aliphatic carbocycles. The van der Waals surface area contributed by atoms with Crippen LogP contribution in [0.25, 0.3) is 0 Å². The molecule has 96 valence electrons. The second-order valence-corrected chi connectivity index (χ2v) is 5.27. The summed E-state index contributed by atoms with van der Waals surface area (Å²) in [5, 5.41) is 3.61. The van der Waals surface area contributed by atoms with E-state index in [0.29, 0.717) is 0 Å². The molecule has 1 heterocycles. The highest BCUT2D eigenvalue weighted by Gasteiger charge is 2.17. The smallest absolute Gasteiger partial charge is 0.0110 e. The van der Waals surface area contributed by atoms with E-state index in [1.54, 1.807) is 0 Å². The van der Waals surface area contributed by atoms with Gasteiger partial charge in [0.1, 0.15) is 0 Å². The Labute approximate surface area is 102 Å². The number of hydrogen-bond donors (Lipinski definition) is 1. The summed E-state index contributed by atoms with van der Waals surface area (Å²) in [5.74, 6) is 0.874. The topological polar surface area (TPSA) is 15.3 Å². The normalized spacial score (nSPS) is 22.9. The Bertz CT molecular complexity index is 166. The van der Waals surface area contributed by atoms with Crippen molar-refractivity contribution in [3.8, 4) is 0 Å². The molecule has 1 rings (SSSR count). The van der Waals surface area contributed by atoms with Gasteiger partial charge in [-0.3, -0.25) is 4.90 Å². The zero-order valence-electron chi connectivity index (χ0n) is 11.5. The van der Waals surface area contributed by atoms with E-state index in [4.69, 9.17) is 0 Å². The Morgan fingerprint density at radius 3 is 2.62 bits per heavy atom. The summed E-state index contributed by atoms with van der Waals surface area (Å²) < 4.78 is 0. The first-order valence-electron chi connectivity index (χ1n) is 7.22. The zero-order valence-corrected chi connectivity index (χ0v) is 11.5. The average Bonchev–Trinajstić information content (AvgIpc) is 2.31. The molecule has 2 heteroatoms. The van der Waals surface area contributed by atoms with Crippen molar-refractivity contribution < 1.29 is 0 Å². The Balaban J connectivity index is 2.05. The van der Waals surface area contributed by atoms with Crippen molar-refractivity contribution in [1.29, 1.82) is 0 Å². The summed E-state index contributed by atoms with van der Waals surface area (Å²) in [7, 11) is 0. The van der Waals surface area contributed by atoms with Crippen molar-refractivity contribution in [2.24, 2.45) is 5.92 Å². The lowest BCUT2D eigenvalue weighted by atomic mass is 10.0. The highest BCUT2D eigenvalue weighted by molar-refractivity contribution is 4.73. The largest absolute Gasteiger partial charge is 0.315 e. The van der Waals surface area contributed by atoms with Gasteiger partial charge in [0.25, 0.3) is 0 Å². The molecule has 1 atom stereocenters. The Hall–Kier alpha value is -0.0800. The van der Waals surface area contributed by atoms with E-state index in [1.165, 1.54) is 58.3 Å². The summed E-state index contributed by atoms with van der Waals surface area (Å²) in [5.41, 5.74) is 0. The molecule has 0 aromatic rings. The highest BCUT2D eigenvalue weighted by Crippen LogP contribution is 2.15. The molecule has 0 aromatic carbocycles. The average molecular weight is 226 g/mol. The maximum Gasteiger partial charge on any atom is 0.0110 e. The maximum atomic E-state index is 3.61. The summed E-state index contributed by atoms with van der Waals surface area (Å²) in [6.45, 7) is 11.9. The molecule has 0 saturated carbocycles. The fourth-order valence-corrected chi connectivity index (χ4v) is 2.60. The molecule has 0 radical (unpaired) electrons. The number of rotatable bonds is 7. The Morgan fingerprint density at radius 1 is 1.25 bits per heavy atom. The third-order valence-electron chi connectivity index (χ3n) is 4.10. The SMILES string of the molecule is CCC(CC)CNCCN1CCCCC1C. The molecule has 1 aliphatic heterocycles. The van der Waals surface area contributed by atoms with Gasteiger partial charge in [0.2, 0.25) is 0 Å². The van der Waals surface area contributed by atoms with Gasteiger partial charge in [-0.15, -0.1) is 0 Å². The second-order valence-electron chi connectivity index (χ2n) is 5.27. The molecule has 16 heavy (non-hydrogen) atoms. The molecule has 1 unspecified atom stereocenters. The predicted octanol–water partition coefficient (Wildman–Crippen LogP) is 2.89. The molecule has 1 fully saturated rings. The monoisotopic (exact) mass is 226 g/mol. The maximum absolute atomic E-state index is 3.61. The lowest BCUT2D eigenvalue weighted by Crippen LogP contribution is -2.42. The van der Waals surface area contributed by atoms with Gasteiger partial charge in [-0.1, -0.05) is 33.1 Å². The molecule has 1 aliphatic rings. The first-order valence-corrected chi connectivity index (χ1v) is 7.22. The van der Waals surface area contributed by atoms with E-state index >= 15 is 0 Å². The summed E-state index contributed by atoms with van der Waals surface area (Å²) in [6, 6.07) is 0.809. The lowest BCUT2D eigenvalue weighted by Gasteiger charge is -2.33. The third-order valence-corrected chi connectivity index (χ3v) is 4.10. The first kappa shape index (κ1) is 14.0. The fourth-order valence-electron chi connectivity index (χ4n) is 2.60. The number of likely N-dealkylation sites (tertiary alicyclic amines) is 1. The lowest BCUT2D eigenvalue weighted by molar-refractivity contribution is 0.161. The quantitative estimate of drug-likeness (QED) is 0.672. The molecule has 0 spiro atoms. The molecule has 0 aromatic heterocycles. The van der Waals surface area contributed by atoms with Crippen LogP contribution in [0.4, 0.5) is 0 Å². The van der Waals surface area contributed by atoms with Gasteiger partial charge in [0.05, 0.1) is 0 Å². The third kappa shape index (κ3) is 4.84. The van der Waals surface area contributed by atoms with Crippen LogP contribution < -0.4 is 5.32 Å². The van der Waals surface area contributed by atoms with E-state index < -0.39 is 0 Å². The van der Waals surface area contributed by atoms with Gasteiger partial charge in [0.15, 0.2) is 0 Å². The van der Waals surface area contributed by atoms with E-state index in [0.717, 1.165) is 12.0 Å². The van der Waals surface area contributed by atoms with E-state index in [1.807, 2.05) is 0 Å². The molecule has 0 bridgehead atoms. The predicted molar refractivity (Wildman–Crippen MR) is 71.8 cm³/mol. The van der Waals surface area contributed by atoms with Crippen LogP contribution in [0.3, 0.4) is 0 Å². The van der Waals surface area contributed by atoms with E-state index in [2.05, 4.69) is 31.0 Å². The van der Waals surface area contributed by atoms with Crippen LogP contribution in [0.5, 0.6) is 0 Å². The first-order chi connectivity index (χ1) is 7.77. The van der Waals surface area contributed by atoms with Crippen LogP contribution in [0.1, 0.15) is 52.9 Å². The summed E-state index contributed by atoms with van der Waals surface area (Å²) in [4.78, 5) is 2.64. The van der Waals surface area contributed by atoms with Gasteiger partial charge in [-0.05, 0) is 38.8 Å². The minimum absolute atomic E-state index is 0.809. The van der Waals surface area contributed by atoms with Crippen molar-refractivity contribution in [1.82, 2.24) is 10.2 Å². The minimum Gasteiger partial charge on any atom is -0.315 e. The zero-order chi connectivity index (χ0) is 11.8. The Morgan fingerprint density at radius 2 is 2.00 bits per heavy atom. The van der Waals surface area contributed by atoms with E-state index in [-0.39, 0.29) is 0 Å². The Kier molecular flexibility index (Phi) is 7.06. The summed E-state index contributed by atoms with van der Waals surface area (Å²) in [6.07, 6.45) is 6.84. The van der Waals surface area contributed by atoms with Crippen molar-refractivity contribution in [2.75, 3.05) is 26.2 Å². The molecule has 2 nitrogen and oxygen atoms in total. The van der Waals surface area contributed by atoms with Gasteiger partial charge in [0, 0.05) is 19.1 Å². The number of nitrogens with one attached hydrogen (secondary N) is 1. The van der Waals surface area contributed by atoms with Gasteiger partial charge in [-0.2, -0.15) is 0 Å². The highest BCUT2D eigenvalue weighted by atomic mass is 15.2. The fraction of sp³-hybridized carbons (Fsp3) is 1.00. The van der Waals surface area contributed by atoms with Gasteiger partial charge >= 0.3 is 0 Å². The van der Waals surface area contributed by atoms with Crippen molar-refractivity contribution in [2.45, 2.75) is 58.9 Å². The van der Waals surface area contributed by atoms with Crippen LogP contribution in [-0.4, -0.2) is 37.1 Å². The standard InChI is InChI=1S/C14H30N2/c1-4-14(5-2)12-15-9-11-16-10-7-6-8-13(16)3/h13-15H,4-12H2,1-3H3. The van der Waals surface area contributed by atoms with E-state index in [9.17, 15) is 0 Å². The van der Waals surface area contributed by atoms with Crippen LogP contribution in [-0.2, 0) is 0 Å². The van der Waals surface area contributed by atoms with Crippen molar-refractivity contribution >= 4 is 0 Å². The van der Waals surface area contributed by atoms with Gasteiger partial charge in [-0.25, -0.2) is 0 Å². The number of nitrogens with zero attached hydrogens (tertiary/aromatic N) is 1. The van der Waals surface area contributed by atoms with Gasteiger partial charge < -0.3 is 5.32 Å². The number of piperidine rings is 1. The van der Waals surface area contributed by atoms with Crippen LogP contribution in [0, 0.1) is 5.92 Å². The molecular formula is C14H30N2. The van der Waals surface area contributed by atoms with Crippen LogP contribution in [0.15, 0.2) is 0 Å². The second kappa shape index (κ2) is 8.08. The molecule has 0 amide bonds. The van der Waals surface area contributed by atoms with Crippen molar-refractivity contribution in [3.05, 3.63) is 0 Å². The molecule has 1 saturated heterocycles.